The molecule has 3 rings (SSSR count). The van der Waals surface area contributed by atoms with E-state index in [0.29, 0.717) is 5.95 Å². The molecule has 0 spiro atoms. The van der Waals surface area contributed by atoms with Crippen molar-refractivity contribution in [2.75, 3.05) is 12.0 Å². The molecule has 0 saturated heterocycles. The van der Waals surface area contributed by atoms with Crippen molar-refractivity contribution in [3.8, 4) is 5.69 Å². The van der Waals surface area contributed by atoms with E-state index in [-0.39, 0.29) is 0 Å². The molecule has 0 fully saturated rings. The molecule has 0 unspecified atom stereocenters. The van der Waals surface area contributed by atoms with Gasteiger partial charge >= 0.3 is 0 Å². The molecule has 2 N–H and O–H groups in total. The number of nitrogen functional groups attached to an aromatic ring is 1. The Morgan fingerprint density at radius 3 is 2.55 bits per heavy atom. The summed E-state index contributed by atoms with van der Waals surface area (Å²) in [4.78, 5) is 5.70. The maximum Gasteiger partial charge on any atom is 0.207 e. The zero-order valence-corrected chi connectivity index (χ0v) is 12.6. The van der Waals surface area contributed by atoms with E-state index in [9.17, 15) is 0 Å². The van der Waals surface area contributed by atoms with Crippen molar-refractivity contribution in [3.63, 3.8) is 0 Å². The molecule has 1 aromatic carbocycles. The zero-order chi connectivity index (χ0) is 14.3. The fourth-order valence-electron chi connectivity index (χ4n) is 2.42. The standard InChI is InChI=1S/C14H17N5S/c1-4-11-12-13(18(2)17-11)19(14(15)16-12)9-5-7-10(20-3)8-6-9/h5-8H,4H2,1-3H3,(H2,15,16). The van der Waals surface area contributed by atoms with Crippen molar-refractivity contribution < 1.29 is 0 Å². The van der Waals surface area contributed by atoms with Crippen molar-refractivity contribution >= 4 is 28.9 Å². The summed E-state index contributed by atoms with van der Waals surface area (Å²) in [7, 11) is 1.93. The summed E-state index contributed by atoms with van der Waals surface area (Å²) < 4.78 is 3.80. The number of hydrogen-bond donors (Lipinski definition) is 1. The van der Waals surface area contributed by atoms with Crippen LogP contribution in [0.3, 0.4) is 0 Å². The van der Waals surface area contributed by atoms with Gasteiger partial charge < -0.3 is 5.73 Å². The molecule has 104 valence electrons. The number of anilines is 1. The highest BCUT2D eigenvalue weighted by Crippen LogP contribution is 2.26. The van der Waals surface area contributed by atoms with E-state index < -0.39 is 0 Å². The van der Waals surface area contributed by atoms with Crippen molar-refractivity contribution in [3.05, 3.63) is 30.0 Å². The minimum atomic E-state index is 0.500. The van der Waals surface area contributed by atoms with Gasteiger partial charge in [0.2, 0.25) is 5.95 Å². The molecule has 2 aromatic heterocycles. The summed E-state index contributed by atoms with van der Waals surface area (Å²) in [6.07, 6.45) is 2.91. The molecular formula is C14H17N5S. The van der Waals surface area contributed by atoms with Crippen LogP contribution in [0.4, 0.5) is 5.95 Å². The number of nitrogens with zero attached hydrogens (tertiary/aromatic N) is 4. The van der Waals surface area contributed by atoms with Crippen LogP contribution in [0.25, 0.3) is 16.9 Å². The van der Waals surface area contributed by atoms with E-state index in [1.165, 1.54) is 4.90 Å². The van der Waals surface area contributed by atoms with Crippen LogP contribution in [-0.2, 0) is 13.5 Å². The molecule has 0 amide bonds. The van der Waals surface area contributed by atoms with E-state index in [1.807, 2.05) is 16.3 Å². The lowest BCUT2D eigenvalue weighted by atomic mass is 10.3. The van der Waals surface area contributed by atoms with E-state index in [1.54, 1.807) is 11.8 Å². The maximum atomic E-state index is 6.10. The largest absolute Gasteiger partial charge is 0.369 e. The molecule has 2 heterocycles. The first-order valence-corrected chi connectivity index (χ1v) is 7.72. The topological polar surface area (TPSA) is 61.7 Å². The molecular weight excluding hydrogens is 270 g/mol. The third-order valence-electron chi connectivity index (χ3n) is 3.40. The quantitative estimate of drug-likeness (QED) is 0.752. The van der Waals surface area contributed by atoms with Gasteiger partial charge in [0.1, 0.15) is 5.52 Å². The number of fused-ring (bicyclic) bond motifs is 1. The van der Waals surface area contributed by atoms with Crippen LogP contribution in [0.2, 0.25) is 0 Å². The van der Waals surface area contributed by atoms with Crippen LogP contribution < -0.4 is 5.73 Å². The average molecular weight is 287 g/mol. The van der Waals surface area contributed by atoms with Gasteiger partial charge in [0, 0.05) is 11.9 Å². The van der Waals surface area contributed by atoms with Gasteiger partial charge in [-0.3, -0.25) is 4.57 Å². The molecule has 0 aliphatic heterocycles. The van der Waals surface area contributed by atoms with Crippen LogP contribution in [-0.4, -0.2) is 25.6 Å². The number of nitrogens with two attached hydrogens (primary N) is 1. The molecule has 0 radical (unpaired) electrons. The Morgan fingerprint density at radius 2 is 1.95 bits per heavy atom. The van der Waals surface area contributed by atoms with Crippen LogP contribution in [0.15, 0.2) is 29.2 Å². The van der Waals surface area contributed by atoms with Crippen LogP contribution in [0, 0.1) is 0 Å². The second-order valence-corrected chi connectivity index (χ2v) is 5.48. The molecule has 3 aromatic rings. The smallest absolute Gasteiger partial charge is 0.207 e. The molecule has 0 saturated carbocycles. The van der Waals surface area contributed by atoms with Crippen LogP contribution in [0.5, 0.6) is 0 Å². The van der Waals surface area contributed by atoms with Gasteiger partial charge in [0.05, 0.1) is 11.4 Å². The van der Waals surface area contributed by atoms with Gasteiger partial charge in [0.25, 0.3) is 0 Å². The number of aromatic nitrogens is 4. The second kappa shape index (κ2) is 4.86. The Hall–Kier alpha value is -1.95. The maximum absolute atomic E-state index is 6.10. The third kappa shape index (κ3) is 1.87. The first kappa shape index (κ1) is 13.1. The number of hydrogen-bond acceptors (Lipinski definition) is 4. The Labute approximate surface area is 121 Å². The number of rotatable bonds is 3. The van der Waals surface area contributed by atoms with E-state index >= 15 is 0 Å². The fourth-order valence-corrected chi connectivity index (χ4v) is 2.83. The predicted octanol–water partition coefficient (Wildman–Crippen LogP) is 2.63. The molecule has 20 heavy (non-hydrogen) atoms. The molecule has 0 aliphatic carbocycles. The minimum absolute atomic E-state index is 0.500. The first-order valence-electron chi connectivity index (χ1n) is 6.50. The van der Waals surface area contributed by atoms with Gasteiger partial charge in [-0.05, 0) is 36.9 Å². The molecule has 0 aliphatic rings. The number of thioether (sulfide) groups is 1. The summed E-state index contributed by atoms with van der Waals surface area (Å²) >= 11 is 1.72. The number of aryl methyl sites for hydroxylation is 2. The summed E-state index contributed by atoms with van der Waals surface area (Å²) in [5.74, 6) is 0.500. The van der Waals surface area contributed by atoms with E-state index in [2.05, 4.69) is 47.5 Å². The van der Waals surface area contributed by atoms with Gasteiger partial charge in [-0.15, -0.1) is 11.8 Å². The Bertz CT molecular complexity index is 754. The average Bonchev–Trinajstić information content (AvgIpc) is 2.96. The first-order chi connectivity index (χ1) is 9.65. The summed E-state index contributed by atoms with van der Waals surface area (Å²) in [6, 6.07) is 8.29. The van der Waals surface area contributed by atoms with Crippen molar-refractivity contribution in [2.45, 2.75) is 18.2 Å². The molecule has 6 heteroatoms. The summed E-state index contributed by atoms with van der Waals surface area (Å²) in [5, 5.41) is 4.50. The van der Waals surface area contributed by atoms with Crippen molar-refractivity contribution in [1.29, 1.82) is 0 Å². The number of benzene rings is 1. The minimum Gasteiger partial charge on any atom is -0.369 e. The summed E-state index contributed by atoms with van der Waals surface area (Å²) in [6.45, 7) is 2.07. The Morgan fingerprint density at radius 1 is 1.25 bits per heavy atom. The van der Waals surface area contributed by atoms with E-state index in [4.69, 9.17) is 5.73 Å². The van der Waals surface area contributed by atoms with Gasteiger partial charge in [-0.25, -0.2) is 9.67 Å². The van der Waals surface area contributed by atoms with Gasteiger partial charge in [-0.2, -0.15) is 5.10 Å². The normalized spacial score (nSPS) is 11.3. The highest BCUT2D eigenvalue weighted by Gasteiger charge is 2.17. The monoisotopic (exact) mass is 287 g/mol. The SMILES string of the molecule is CCc1nn(C)c2c1nc(N)n2-c1ccc(SC)cc1. The predicted molar refractivity (Wildman–Crippen MR) is 83.4 cm³/mol. The zero-order valence-electron chi connectivity index (χ0n) is 11.8. The summed E-state index contributed by atoms with van der Waals surface area (Å²) in [5.41, 5.74) is 9.92. The van der Waals surface area contributed by atoms with Gasteiger partial charge in [0.15, 0.2) is 5.65 Å². The van der Waals surface area contributed by atoms with E-state index in [0.717, 1.165) is 29.0 Å². The molecule has 0 atom stereocenters. The highest BCUT2D eigenvalue weighted by atomic mass is 32.2. The van der Waals surface area contributed by atoms with Crippen molar-refractivity contribution in [2.24, 2.45) is 7.05 Å². The Kier molecular flexibility index (Phi) is 3.17. The van der Waals surface area contributed by atoms with Crippen LogP contribution >= 0.6 is 11.8 Å². The lowest BCUT2D eigenvalue weighted by Gasteiger charge is -2.07. The van der Waals surface area contributed by atoms with Gasteiger partial charge in [-0.1, -0.05) is 6.92 Å². The molecule has 5 nitrogen and oxygen atoms in total. The lowest BCUT2D eigenvalue weighted by Crippen LogP contribution is -2.04. The fraction of sp³-hybridized carbons (Fsp3) is 0.286. The number of imidazole rings is 1. The highest BCUT2D eigenvalue weighted by molar-refractivity contribution is 7.98. The van der Waals surface area contributed by atoms with Crippen LogP contribution in [0.1, 0.15) is 12.6 Å². The second-order valence-electron chi connectivity index (χ2n) is 4.60. The van der Waals surface area contributed by atoms with Crippen molar-refractivity contribution in [1.82, 2.24) is 19.3 Å². The lowest BCUT2D eigenvalue weighted by molar-refractivity contribution is 0.751. The molecule has 0 bridgehead atoms. The third-order valence-corrected chi connectivity index (χ3v) is 4.14. The Balaban J connectivity index is 2.24.